The number of unbranched alkanes of at least 4 members (excludes halogenated alkanes) is 12. The molecule has 0 saturated carbocycles. The number of hydrogen-bond donors (Lipinski definition) is 2. The Hall–Kier alpha value is -3.74. The summed E-state index contributed by atoms with van der Waals surface area (Å²) in [7, 11) is -4.22. The first kappa shape index (κ1) is 54.6. The summed E-state index contributed by atoms with van der Waals surface area (Å²) in [6.07, 6.45) is 17.5. The molecule has 13 nitrogen and oxygen atoms in total. The maximum absolute atomic E-state index is 13.7. The number of esters is 1. The number of carbonyl (C=O) groups is 3. The van der Waals surface area contributed by atoms with Crippen LogP contribution in [0.2, 0.25) is 0 Å². The van der Waals surface area contributed by atoms with E-state index in [2.05, 4.69) is 43.2 Å². The number of benzene rings is 2. The average Bonchev–Trinajstić information content (AvgIpc) is 3.59. The van der Waals surface area contributed by atoms with Gasteiger partial charge in [-0.25, -0.2) is 14.2 Å². The summed E-state index contributed by atoms with van der Waals surface area (Å²) in [6, 6.07) is 15.3. The monoisotopic (exact) mass is 915 g/mol. The Morgan fingerprint density at radius 3 is 1.94 bits per heavy atom. The molecule has 2 amide bonds. The molecule has 3 rings (SSSR count). The van der Waals surface area contributed by atoms with Gasteiger partial charge in [-0.1, -0.05) is 146 Å². The van der Waals surface area contributed by atoms with Crippen molar-refractivity contribution in [1.82, 2.24) is 10.6 Å². The van der Waals surface area contributed by atoms with E-state index in [1.54, 1.807) is 20.8 Å². The topological polar surface area (TPSA) is 157 Å². The van der Waals surface area contributed by atoms with Crippen molar-refractivity contribution in [3.63, 3.8) is 0 Å². The zero-order valence-electron chi connectivity index (χ0n) is 39.5. The van der Waals surface area contributed by atoms with E-state index >= 15 is 0 Å². The van der Waals surface area contributed by atoms with E-state index in [0.717, 1.165) is 73.6 Å². The van der Waals surface area contributed by atoms with Gasteiger partial charge in [0.1, 0.15) is 18.3 Å². The molecule has 0 spiro atoms. The van der Waals surface area contributed by atoms with Gasteiger partial charge < -0.3 is 29.6 Å². The van der Waals surface area contributed by atoms with Crippen molar-refractivity contribution >= 4 is 26.0 Å². The Morgan fingerprint density at radius 2 is 1.33 bits per heavy atom. The van der Waals surface area contributed by atoms with E-state index < -0.39 is 31.7 Å². The summed E-state index contributed by atoms with van der Waals surface area (Å²) in [4.78, 5) is 38.5. The van der Waals surface area contributed by atoms with Crippen molar-refractivity contribution < 1.29 is 51.5 Å². The van der Waals surface area contributed by atoms with Crippen LogP contribution in [-0.2, 0) is 41.9 Å². The predicted octanol–water partition coefficient (Wildman–Crippen LogP) is 12.4. The number of fused-ring (bicyclic) bond motifs is 3. The van der Waals surface area contributed by atoms with Crippen molar-refractivity contribution in [2.24, 2.45) is 0 Å². The molecule has 0 heterocycles. The van der Waals surface area contributed by atoms with Gasteiger partial charge >= 0.3 is 26.0 Å². The minimum atomic E-state index is -4.22. The largest absolute Gasteiger partial charge is 0.475 e. The zero-order valence-corrected chi connectivity index (χ0v) is 40.4. The Kier molecular flexibility index (Phi) is 26.6. The zero-order chi connectivity index (χ0) is 46.5. The summed E-state index contributed by atoms with van der Waals surface area (Å²) in [5, 5.41) is 5.37. The van der Waals surface area contributed by atoms with Gasteiger partial charge in [0.2, 0.25) is 0 Å². The minimum absolute atomic E-state index is 0.0281. The predicted molar refractivity (Wildman–Crippen MR) is 252 cm³/mol. The van der Waals surface area contributed by atoms with Gasteiger partial charge in [-0.2, -0.15) is 0 Å². The van der Waals surface area contributed by atoms with E-state index in [4.69, 9.17) is 32.5 Å². The third kappa shape index (κ3) is 22.4. The third-order valence-corrected chi connectivity index (χ3v) is 12.2. The molecule has 0 saturated heterocycles. The molecule has 1 aliphatic carbocycles. The number of nitrogens with one attached hydrogen (secondary N) is 2. The normalized spacial score (nSPS) is 14.1. The molecule has 1 unspecified atom stereocenters. The first-order chi connectivity index (χ1) is 30.9. The molecule has 14 heteroatoms. The highest BCUT2D eigenvalue weighted by atomic mass is 31.2. The van der Waals surface area contributed by atoms with E-state index in [1.807, 2.05) is 36.4 Å². The van der Waals surface area contributed by atoms with E-state index in [0.29, 0.717) is 12.8 Å². The second-order valence-corrected chi connectivity index (χ2v) is 19.2. The number of phosphoric ester groups is 1. The lowest BCUT2D eigenvalue weighted by molar-refractivity contribution is -0.150. The van der Waals surface area contributed by atoms with Crippen molar-refractivity contribution in [3.8, 4) is 11.1 Å². The first-order valence-corrected chi connectivity index (χ1v) is 25.3. The average molecular weight is 915 g/mol. The van der Waals surface area contributed by atoms with Gasteiger partial charge in [0.05, 0.1) is 39.1 Å². The fourth-order valence-electron chi connectivity index (χ4n) is 7.51. The lowest BCUT2D eigenvalue weighted by Crippen LogP contribution is -2.44. The van der Waals surface area contributed by atoms with Gasteiger partial charge in [0.15, 0.2) is 0 Å². The van der Waals surface area contributed by atoms with E-state index in [1.165, 1.54) is 51.0 Å². The number of hydrogen-bond acceptors (Lipinski definition) is 11. The van der Waals surface area contributed by atoms with Crippen LogP contribution in [0.4, 0.5) is 9.59 Å². The Labute approximate surface area is 384 Å². The van der Waals surface area contributed by atoms with Gasteiger partial charge in [-0.15, -0.1) is 6.58 Å². The van der Waals surface area contributed by atoms with Crippen LogP contribution in [0, 0.1) is 0 Å². The second kappa shape index (κ2) is 31.2. The van der Waals surface area contributed by atoms with Gasteiger partial charge in [0, 0.05) is 25.3 Å². The maximum Gasteiger partial charge on any atom is 0.475 e. The molecular formula is C50H79N2O11P. The lowest BCUT2D eigenvalue weighted by atomic mass is 9.98. The van der Waals surface area contributed by atoms with Crippen molar-refractivity contribution in [3.05, 3.63) is 72.3 Å². The summed E-state index contributed by atoms with van der Waals surface area (Å²) >= 11 is 0. The SMILES string of the molecule is C=CCOP(=O)(OCCNC(=O)OCC1c2ccccc2-c2ccccc21)OC[C@@H](COCC[C@@H](CCCCCCC)OC(=O)CCCCCCCCCCC)NC(=O)OC(C)(C)C. The van der Waals surface area contributed by atoms with E-state index in [-0.39, 0.29) is 64.2 Å². The highest BCUT2D eigenvalue weighted by molar-refractivity contribution is 7.48. The van der Waals surface area contributed by atoms with Crippen molar-refractivity contribution in [2.45, 2.75) is 167 Å². The van der Waals surface area contributed by atoms with Crippen LogP contribution in [0.3, 0.4) is 0 Å². The third-order valence-electron chi connectivity index (χ3n) is 10.8. The van der Waals surface area contributed by atoms with Crippen LogP contribution in [0.25, 0.3) is 11.1 Å². The maximum atomic E-state index is 13.7. The molecule has 0 fully saturated rings. The molecule has 3 atom stereocenters. The van der Waals surface area contributed by atoms with Crippen LogP contribution in [-0.4, -0.2) is 82.1 Å². The number of phosphoric acid groups is 1. The van der Waals surface area contributed by atoms with Crippen LogP contribution in [0.15, 0.2) is 61.2 Å². The van der Waals surface area contributed by atoms with Crippen molar-refractivity contribution in [1.29, 1.82) is 0 Å². The lowest BCUT2D eigenvalue weighted by Gasteiger charge is -2.25. The molecule has 360 valence electrons. The fourth-order valence-corrected chi connectivity index (χ4v) is 8.69. The van der Waals surface area contributed by atoms with Crippen LogP contribution < -0.4 is 10.6 Å². The molecule has 0 aliphatic heterocycles. The van der Waals surface area contributed by atoms with Crippen molar-refractivity contribution in [2.75, 3.05) is 46.2 Å². The van der Waals surface area contributed by atoms with Gasteiger partial charge in [0.25, 0.3) is 0 Å². The molecular weight excluding hydrogens is 836 g/mol. The smallest absolute Gasteiger partial charge is 0.462 e. The molecule has 0 aromatic heterocycles. The van der Waals surface area contributed by atoms with Gasteiger partial charge in [-0.05, 0) is 62.3 Å². The van der Waals surface area contributed by atoms with E-state index in [9.17, 15) is 18.9 Å². The molecule has 0 bridgehead atoms. The molecule has 1 aliphatic rings. The van der Waals surface area contributed by atoms with Gasteiger partial charge in [-0.3, -0.25) is 18.4 Å². The number of ether oxygens (including phenoxy) is 4. The molecule has 2 aromatic rings. The van der Waals surface area contributed by atoms with Crippen LogP contribution in [0.1, 0.15) is 161 Å². The summed E-state index contributed by atoms with van der Waals surface area (Å²) < 4.78 is 53.5. The molecule has 0 radical (unpaired) electrons. The fraction of sp³-hybridized carbons (Fsp3) is 0.660. The first-order valence-electron chi connectivity index (χ1n) is 23.9. The summed E-state index contributed by atoms with van der Waals surface area (Å²) in [6.45, 7) is 12.9. The highest BCUT2D eigenvalue weighted by Crippen LogP contribution is 2.49. The number of amides is 2. The highest BCUT2D eigenvalue weighted by Gasteiger charge is 2.31. The standard InChI is InChI=1S/C50H79N2O11P/c1-7-10-12-14-15-16-17-19-21-31-47(53)62-41(26-20-18-13-11-8-2)32-35-57-37-40(52-49(55)63-50(4,5)6)38-61-64(56,59-34-9-3)60-36-33-51-48(54)58-39-46-44-29-24-22-27-42(44)43-28-23-25-30-45(43)46/h9,22-25,27-30,40-41,46H,3,7-8,10-21,26,31-39H2,1-2,4-6H3,(H,51,54)(H,52,55)/t40-,41-,64?/m1/s1. The Bertz CT molecular complexity index is 1650. The summed E-state index contributed by atoms with van der Waals surface area (Å²) in [5.74, 6) is -0.275. The number of carbonyl (C=O) groups excluding carboxylic acids is 3. The number of rotatable bonds is 35. The molecule has 2 N–H and O–H groups in total. The quantitative estimate of drug-likeness (QED) is 0.0223. The Balaban J connectivity index is 1.50. The molecule has 64 heavy (non-hydrogen) atoms. The van der Waals surface area contributed by atoms with Crippen LogP contribution in [0.5, 0.6) is 0 Å². The Morgan fingerprint density at radius 1 is 0.734 bits per heavy atom. The van der Waals surface area contributed by atoms with Crippen LogP contribution >= 0.6 is 7.82 Å². The minimum Gasteiger partial charge on any atom is -0.462 e. The number of alkyl carbamates (subject to hydrolysis) is 2. The molecule has 2 aromatic carbocycles. The second-order valence-electron chi connectivity index (χ2n) is 17.5. The summed E-state index contributed by atoms with van der Waals surface area (Å²) in [5.41, 5.74) is 3.67.